The van der Waals surface area contributed by atoms with Gasteiger partial charge in [-0.3, -0.25) is 0 Å². The average molecular weight is 198 g/mol. The van der Waals surface area contributed by atoms with Gasteiger partial charge >= 0.3 is 0 Å². The number of hydrogen-bond donors (Lipinski definition) is 1. The Bertz CT molecular complexity index is 299. The molecular weight excluding hydrogens is 183 g/mol. The van der Waals surface area contributed by atoms with Crippen LogP contribution in [-0.2, 0) is 0 Å². The van der Waals surface area contributed by atoms with Gasteiger partial charge in [0.1, 0.15) is 11.6 Å². The molecule has 14 heavy (non-hydrogen) atoms. The zero-order valence-corrected chi connectivity index (χ0v) is 8.46. The SMILES string of the molecule is CCOc1ccc(C(C)CO)c(F)c1. The van der Waals surface area contributed by atoms with E-state index in [0.29, 0.717) is 17.9 Å². The lowest BCUT2D eigenvalue weighted by atomic mass is 10.0. The summed E-state index contributed by atoms with van der Waals surface area (Å²) in [5.41, 5.74) is 0.524. The van der Waals surface area contributed by atoms with Gasteiger partial charge < -0.3 is 9.84 Å². The molecule has 1 rings (SSSR count). The number of hydrogen-bond acceptors (Lipinski definition) is 2. The van der Waals surface area contributed by atoms with Gasteiger partial charge in [0.2, 0.25) is 0 Å². The van der Waals surface area contributed by atoms with Crippen molar-refractivity contribution in [1.82, 2.24) is 0 Å². The van der Waals surface area contributed by atoms with E-state index in [1.807, 2.05) is 6.92 Å². The summed E-state index contributed by atoms with van der Waals surface area (Å²) in [6.45, 7) is 4.10. The van der Waals surface area contributed by atoms with E-state index >= 15 is 0 Å². The lowest BCUT2D eigenvalue weighted by Crippen LogP contribution is -2.02. The molecule has 0 aromatic heterocycles. The quantitative estimate of drug-likeness (QED) is 0.804. The molecule has 78 valence electrons. The maximum atomic E-state index is 13.4. The first-order valence-corrected chi connectivity index (χ1v) is 4.72. The van der Waals surface area contributed by atoms with Crippen molar-refractivity contribution in [2.75, 3.05) is 13.2 Å². The molecule has 2 nitrogen and oxygen atoms in total. The van der Waals surface area contributed by atoms with Crippen LogP contribution < -0.4 is 4.74 Å². The molecule has 1 aromatic rings. The molecule has 0 saturated carbocycles. The topological polar surface area (TPSA) is 29.5 Å². The van der Waals surface area contributed by atoms with Gasteiger partial charge in [-0.05, 0) is 18.6 Å². The molecule has 0 bridgehead atoms. The van der Waals surface area contributed by atoms with Gasteiger partial charge in [0.15, 0.2) is 0 Å². The fraction of sp³-hybridized carbons (Fsp3) is 0.455. The van der Waals surface area contributed by atoms with Crippen LogP contribution in [0.25, 0.3) is 0 Å². The predicted molar refractivity (Wildman–Crippen MR) is 53.1 cm³/mol. The van der Waals surface area contributed by atoms with E-state index in [-0.39, 0.29) is 18.3 Å². The van der Waals surface area contributed by atoms with E-state index in [9.17, 15) is 4.39 Å². The van der Waals surface area contributed by atoms with Crippen molar-refractivity contribution in [3.63, 3.8) is 0 Å². The Morgan fingerprint density at radius 3 is 2.71 bits per heavy atom. The Kier molecular flexibility index (Phi) is 3.89. The first-order chi connectivity index (χ1) is 6.69. The molecule has 0 radical (unpaired) electrons. The molecule has 1 unspecified atom stereocenters. The zero-order chi connectivity index (χ0) is 10.6. The summed E-state index contributed by atoms with van der Waals surface area (Å²) in [7, 11) is 0. The maximum absolute atomic E-state index is 13.4. The third-order valence-corrected chi connectivity index (χ3v) is 2.09. The standard InChI is InChI=1S/C11H15FO2/c1-3-14-9-4-5-10(8(2)7-13)11(12)6-9/h4-6,8,13H,3,7H2,1-2H3. The Morgan fingerprint density at radius 2 is 2.21 bits per heavy atom. The molecule has 0 aliphatic heterocycles. The number of aliphatic hydroxyl groups is 1. The molecule has 1 atom stereocenters. The first-order valence-electron chi connectivity index (χ1n) is 4.72. The fourth-order valence-electron chi connectivity index (χ4n) is 1.26. The minimum Gasteiger partial charge on any atom is -0.494 e. The molecule has 1 N–H and O–H groups in total. The smallest absolute Gasteiger partial charge is 0.130 e. The molecule has 3 heteroatoms. The molecule has 0 saturated heterocycles. The highest BCUT2D eigenvalue weighted by atomic mass is 19.1. The van der Waals surface area contributed by atoms with Crippen LogP contribution in [0.15, 0.2) is 18.2 Å². The van der Waals surface area contributed by atoms with Crippen LogP contribution in [-0.4, -0.2) is 18.3 Å². The Labute approximate surface area is 83.3 Å². The first kappa shape index (κ1) is 11.0. The molecular formula is C11H15FO2. The number of benzene rings is 1. The molecule has 0 amide bonds. The third kappa shape index (κ3) is 2.45. The van der Waals surface area contributed by atoms with Crippen LogP contribution >= 0.6 is 0 Å². The Balaban J connectivity index is 2.89. The minimum absolute atomic E-state index is 0.0507. The van der Waals surface area contributed by atoms with E-state index < -0.39 is 0 Å². The van der Waals surface area contributed by atoms with E-state index in [0.717, 1.165) is 0 Å². The molecule has 0 aliphatic carbocycles. The highest BCUT2D eigenvalue weighted by Crippen LogP contribution is 2.22. The van der Waals surface area contributed by atoms with E-state index in [2.05, 4.69) is 0 Å². The maximum Gasteiger partial charge on any atom is 0.130 e. The van der Waals surface area contributed by atoms with Crippen molar-refractivity contribution in [1.29, 1.82) is 0 Å². The van der Waals surface area contributed by atoms with Crippen molar-refractivity contribution in [3.8, 4) is 5.75 Å². The van der Waals surface area contributed by atoms with E-state index in [4.69, 9.17) is 9.84 Å². The Hall–Kier alpha value is -1.09. The summed E-state index contributed by atoms with van der Waals surface area (Å²) >= 11 is 0. The van der Waals surface area contributed by atoms with Gasteiger partial charge in [-0.25, -0.2) is 4.39 Å². The molecule has 0 heterocycles. The second-order valence-corrected chi connectivity index (χ2v) is 3.20. The van der Waals surface area contributed by atoms with Crippen LogP contribution in [0, 0.1) is 5.82 Å². The van der Waals surface area contributed by atoms with Crippen LogP contribution in [0.3, 0.4) is 0 Å². The van der Waals surface area contributed by atoms with Gasteiger partial charge in [-0.2, -0.15) is 0 Å². The lowest BCUT2D eigenvalue weighted by Gasteiger charge is -2.11. The summed E-state index contributed by atoms with van der Waals surface area (Å²) in [4.78, 5) is 0. The zero-order valence-electron chi connectivity index (χ0n) is 8.46. The monoisotopic (exact) mass is 198 g/mol. The Morgan fingerprint density at radius 1 is 1.50 bits per heavy atom. The minimum atomic E-state index is -0.322. The fourth-order valence-corrected chi connectivity index (χ4v) is 1.26. The average Bonchev–Trinajstić information content (AvgIpc) is 2.17. The number of aliphatic hydroxyl groups excluding tert-OH is 1. The molecule has 0 fully saturated rings. The van der Waals surface area contributed by atoms with Gasteiger partial charge in [0.05, 0.1) is 6.61 Å². The van der Waals surface area contributed by atoms with Gasteiger partial charge in [-0.1, -0.05) is 13.0 Å². The van der Waals surface area contributed by atoms with Gasteiger partial charge in [0.25, 0.3) is 0 Å². The molecule has 1 aromatic carbocycles. The summed E-state index contributed by atoms with van der Waals surface area (Å²) < 4.78 is 18.6. The lowest BCUT2D eigenvalue weighted by molar-refractivity contribution is 0.270. The molecule has 0 aliphatic rings. The van der Waals surface area contributed by atoms with Crippen LogP contribution in [0.4, 0.5) is 4.39 Å². The highest BCUT2D eigenvalue weighted by molar-refractivity contribution is 5.30. The highest BCUT2D eigenvalue weighted by Gasteiger charge is 2.10. The summed E-state index contributed by atoms with van der Waals surface area (Å²) in [5, 5.41) is 8.89. The number of ether oxygens (including phenoxy) is 1. The molecule has 0 spiro atoms. The van der Waals surface area contributed by atoms with Crippen molar-refractivity contribution in [2.24, 2.45) is 0 Å². The van der Waals surface area contributed by atoms with Gasteiger partial charge in [0, 0.05) is 18.6 Å². The van der Waals surface area contributed by atoms with Crippen molar-refractivity contribution in [2.45, 2.75) is 19.8 Å². The normalized spacial score (nSPS) is 12.6. The van der Waals surface area contributed by atoms with Crippen LogP contribution in [0.5, 0.6) is 5.75 Å². The second kappa shape index (κ2) is 4.96. The van der Waals surface area contributed by atoms with Crippen LogP contribution in [0.2, 0.25) is 0 Å². The number of rotatable bonds is 4. The summed E-state index contributed by atoms with van der Waals surface area (Å²) in [6.07, 6.45) is 0. The van der Waals surface area contributed by atoms with Crippen molar-refractivity contribution >= 4 is 0 Å². The van der Waals surface area contributed by atoms with Crippen LogP contribution in [0.1, 0.15) is 25.3 Å². The predicted octanol–water partition coefficient (Wildman–Crippen LogP) is 2.32. The van der Waals surface area contributed by atoms with Gasteiger partial charge in [-0.15, -0.1) is 0 Å². The second-order valence-electron chi connectivity index (χ2n) is 3.20. The van der Waals surface area contributed by atoms with Crippen molar-refractivity contribution in [3.05, 3.63) is 29.6 Å². The van der Waals surface area contributed by atoms with Crippen molar-refractivity contribution < 1.29 is 14.2 Å². The summed E-state index contributed by atoms with van der Waals surface area (Å²) in [6, 6.07) is 4.72. The van der Waals surface area contributed by atoms with E-state index in [1.165, 1.54) is 6.07 Å². The largest absolute Gasteiger partial charge is 0.494 e. The third-order valence-electron chi connectivity index (χ3n) is 2.09. The summed E-state index contributed by atoms with van der Waals surface area (Å²) in [5.74, 6) is 0.0297. The van der Waals surface area contributed by atoms with E-state index in [1.54, 1.807) is 19.1 Å². The number of halogens is 1.